The van der Waals surface area contributed by atoms with E-state index < -0.39 is 0 Å². The first-order valence-electron chi connectivity index (χ1n) is 5.67. The van der Waals surface area contributed by atoms with Gasteiger partial charge in [-0.25, -0.2) is 4.39 Å². The van der Waals surface area contributed by atoms with Crippen molar-refractivity contribution in [3.63, 3.8) is 0 Å². The van der Waals surface area contributed by atoms with Gasteiger partial charge in [0.15, 0.2) is 0 Å². The van der Waals surface area contributed by atoms with Gasteiger partial charge in [0.05, 0.1) is 6.07 Å². The molecular formula is C13H14BrFN2. The van der Waals surface area contributed by atoms with Gasteiger partial charge in [-0.15, -0.1) is 0 Å². The van der Waals surface area contributed by atoms with Crippen LogP contribution in [0.2, 0.25) is 0 Å². The lowest BCUT2D eigenvalue weighted by Gasteiger charge is -2.12. The highest BCUT2D eigenvalue weighted by Crippen LogP contribution is 2.47. The monoisotopic (exact) mass is 296 g/mol. The fraction of sp³-hybridized carbons (Fsp3) is 0.462. The van der Waals surface area contributed by atoms with Crippen molar-refractivity contribution in [1.29, 1.82) is 5.26 Å². The molecule has 90 valence electrons. The normalized spacial score (nSPS) is 16.5. The van der Waals surface area contributed by atoms with E-state index in [4.69, 9.17) is 5.26 Å². The molecular weight excluding hydrogens is 283 g/mol. The van der Waals surface area contributed by atoms with Gasteiger partial charge in [0.1, 0.15) is 5.82 Å². The van der Waals surface area contributed by atoms with Gasteiger partial charge in [-0.05, 0) is 36.5 Å². The summed E-state index contributed by atoms with van der Waals surface area (Å²) >= 11 is 3.33. The van der Waals surface area contributed by atoms with Crippen molar-refractivity contribution in [2.45, 2.75) is 25.8 Å². The van der Waals surface area contributed by atoms with Crippen molar-refractivity contribution in [2.24, 2.45) is 5.41 Å². The summed E-state index contributed by atoms with van der Waals surface area (Å²) in [6.07, 6.45) is 2.81. The van der Waals surface area contributed by atoms with E-state index in [1.54, 1.807) is 12.1 Å². The summed E-state index contributed by atoms with van der Waals surface area (Å²) in [6, 6.07) is 7.15. The minimum absolute atomic E-state index is 0.164. The molecule has 1 fully saturated rings. The lowest BCUT2D eigenvalue weighted by atomic mass is 10.0. The van der Waals surface area contributed by atoms with Gasteiger partial charge in [-0.3, -0.25) is 0 Å². The van der Waals surface area contributed by atoms with Crippen LogP contribution in [0.1, 0.15) is 24.8 Å². The van der Waals surface area contributed by atoms with Crippen LogP contribution in [0.15, 0.2) is 22.7 Å². The Kier molecular flexibility index (Phi) is 3.80. The molecule has 1 aromatic carbocycles. The third kappa shape index (κ3) is 3.27. The average Bonchev–Trinajstić information content (AvgIpc) is 3.04. The summed E-state index contributed by atoms with van der Waals surface area (Å²) in [6.45, 7) is 1.31. The Morgan fingerprint density at radius 2 is 2.24 bits per heavy atom. The van der Waals surface area contributed by atoms with Crippen LogP contribution in [0.5, 0.6) is 0 Å². The molecule has 4 heteroatoms. The van der Waals surface area contributed by atoms with E-state index in [2.05, 4.69) is 27.3 Å². The van der Waals surface area contributed by atoms with Crippen LogP contribution in [0.25, 0.3) is 0 Å². The van der Waals surface area contributed by atoms with E-state index in [0.717, 1.165) is 23.9 Å². The highest BCUT2D eigenvalue weighted by Gasteiger charge is 2.41. The molecule has 1 aliphatic rings. The van der Waals surface area contributed by atoms with Crippen LogP contribution < -0.4 is 5.32 Å². The van der Waals surface area contributed by atoms with Crippen molar-refractivity contribution < 1.29 is 4.39 Å². The van der Waals surface area contributed by atoms with Gasteiger partial charge in [-0.2, -0.15) is 5.26 Å². The SMILES string of the molecule is N#CCC1(CNCc2cc(Br)ccc2F)CC1. The van der Waals surface area contributed by atoms with Gasteiger partial charge >= 0.3 is 0 Å². The van der Waals surface area contributed by atoms with Crippen molar-refractivity contribution in [1.82, 2.24) is 5.32 Å². The van der Waals surface area contributed by atoms with E-state index in [0.29, 0.717) is 18.5 Å². The number of rotatable bonds is 5. The summed E-state index contributed by atoms with van der Waals surface area (Å²) in [5.41, 5.74) is 0.823. The maximum absolute atomic E-state index is 13.4. The molecule has 2 nitrogen and oxygen atoms in total. The summed E-state index contributed by atoms with van der Waals surface area (Å²) < 4.78 is 14.3. The van der Waals surface area contributed by atoms with E-state index in [-0.39, 0.29) is 11.2 Å². The van der Waals surface area contributed by atoms with Crippen molar-refractivity contribution in [3.8, 4) is 6.07 Å². The first-order valence-corrected chi connectivity index (χ1v) is 6.46. The van der Waals surface area contributed by atoms with Crippen LogP contribution >= 0.6 is 15.9 Å². The highest BCUT2D eigenvalue weighted by molar-refractivity contribution is 9.10. The fourth-order valence-electron chi connectivity index (χ4n) is 1.90. The number of nitriles is 1. The van der Waals surface area contributed by atoms with Crippen molar-refractivity contribution >= 4 is 15.9 Å². The molecule has 0 saturated heterocycles. The lowest BCUT2D eigenvalue weighted by molar-refractivity contribution is 0.461. The summed E-state index contributed by atoms with van der Waals surface area (Å²) in [5, 5.41) is 11.9. The number of benzene rings is 1. The minimum atomic E-state index is -0.189. The zero-order valence-corrected chi connectivity index (χ0v) is 11.1. The van der Waals surface area contributed by atoms with E-state index in [1.807, 2.05) is 0 Å². The van der Waals surface area contributed by atoms with Gasteiger partial charge < -0.3 is 5.32 Å². The smallest absolute Gasteiger partial charge is 0.127 e. The van der Waals surface area contributed by atoms with Crippen LogP contribution in [0, 0.1) is 22.6 Å². The number of hydrogen-bond acceptors (Lipinski definition) is 2. The molecule has 17 heavy (non-hydrogen) atoms. The molecule has 0 aliphatic heterocycles. The van der Waals surface area contributed by atoms with Crippen molar-refractivity contribution in [2.75, 3.05) is 6.54 Å². The predicted octanol–water partition coefficient (Wildman–Crippen LogP) is 3.37. The van der Waals surface area contributed by atoms with E-state index in [1.165, 1.54) is 6.07 Å². The number of halogens is 2. The molecule has 0 spiro atoms. The molecule has 1 aromatic rings. The zero-order chi connectivity index (χ0) is 12.3. The standard InChI is InChI=1S/C13H14BrFN2/c14-11-1-2-12(15)10(7-11)8-17-9-13(3-4-13)5-6-16/h1-2,7,17H,3-5,8-9H2. The lowest BCUT2D eigenvalue weighted by Crippen LogP contribution is -2.23. The molecule has 2 rings (SSSR count). The Balaban J connectivity index is 1.86. The topological polar surface area (TPSA) is 35.8 Å². The summed E-state index contributed by atoms with van der Waals surface area (Å²) in [4.78, 5) is 0. The first-order chi connectivity index (χ1) is 8.15. The molecule has 0 radical (unpaired) electrons. The van der Waals surface area contributed by atoms with Crippen molar-refractivity contribution in [3.05, 3.63) is 34.1 Å². The van der Waals surface area contributed by atoms with Crippen LogP contribution in [0.3, 0.4) is 0 Å². The highest BCUT2D eigenvalue weighted by atomic mass is 79.9. The molecule has 0 heterocycles. The molecule has 0 amide bonds. The van der Waals surface area contributed by atoms with Gasteiger partial charge in [0.25, 0.3) is 0 Å². The first kappa shape index (κ1) is 12.5. The minimum Gasteiger partial charge on any atom is -0.312 e. The number of nitrogens with zero attached hydrogens (tertiary/aromatic N) is 1. The zero-order valence-electron chi connectivity index (χ0n) is 9.47. The summed E-state index contributed by atoms with van der Waals surface area (Å²) in [5.74, 6) is -0.189. The molecule has 0 atom stereocenters. The van der Waals surface area contributed by atoms with Gasteiger partial charge in [0.2, 0.25) is 0 Å². The molecule has 0 bridgehead atoms. The van der Waals surface area contributed by atoms with Crippen LogP contribution in [0.4, 0.5) is 4.39 Å². The molecule has 0 unspecified atom stereocenters. The Labute approximate surface area is 109 Å². The second-order valence-electron chi connectivity index (χ2n) is 4.67. The van der Waals surface area contributed by atoms with Crippen LogP contribution in [-0.4, -0.2) is 6.54 Å². The average molecular weight is 297 g/mol. The maximum Gasteiger partial charge on any atom is 0.127 e. The number of hydrogen-bond donors (Lipinski definition) is 1. The van der Waals surface area contributed by atoms with Gasteiger partial charge in [-0.1, -0.05) is 15.9 Å². The molecule has 1 aliphatic carbocycles. The second-order valence-corrected chi connectivity index (χ2v) is 5.59. The molecule has 1 saturated carbocycles. The van der Waals surface area contributed by atoms with E-state index in [9.17, 15) is 4.39 Å². The largest absolute Gasteiger partial charge is 0.312 e. The number of nitrogens with one attached hydrogen (secondary N) is 1. The Hall–Kier alpha value is -0.920. The third-order valence-electron chi connectivity index (χ3n) is 3.23. The van der Waals surface area contributed by atoms with Crippen LogP contribution in [-0.2, 0) is 6.54 Å². The Bertz CT molecular complexity index is 449. The Morgan fingerprint density at radius 1 is 1.47 bits per heavy atom. The Morgan fingerprint density at radius 3 is 2.88 bits per heavy atom. The van der Waals surface area contributed by atoms with Gasteiger partial charge in [0, 0.05) is 29.5 Å². The fourth-order valence-corrected chi connectivity index (χ4v) is 2.31. The van der Waals surface area contributed by atoms with E-state index >= 15 is 0 Å². The third-order valence-corrected chi connectivity index (χ3v) is 3.73. The molecule has 0 aromatic heterocycles. The predicted molar refractivity (Wildman–Crippen MR) is 67.7 cm³/mol. The quantitative estimate of drug-likeness (QED) is 0.904. The summed E-state index contributed by atoms with van der Waals surface area (Å²) in [7, 11) is 0. The maximum atomic E-state index is 13.4. The second kappa shape index (κ2) is 5.16. The molecule has 1 N–H and O–H groups in total.